The minimum Gasteiger partial charge on any atom is -0.481 e. The fraction of sp³-hybridized carbons (Fsp3) is 0.514. The van der Waals surface area contributed by atoms with Crippen molar-refractivity contribution in [3.63, 3.8) is 0 Å². The van der Waals surface area contributed by atoms with Crippen LogP contribution in [0.3, 0.4) is 0 Å². The monoisotopic (exact) mass is 653 g/mol. The van der Waals surface area contributed by atoms with Crippen LogP contribution in [0.2, 0.25) is 5.02 Å². The number of aliphatic carboxylic acids is 1. The van der Waals surface area contributed by atoms with Crippen LogP contribution in [0.5, 0.6) is 0 Å². The van der Waals surface area contributed by atoms with E-state index in [1.807, 2.05) is 0 Å². The molecule has 1 amide bonds. The van der Waals surface area contributed by atoms with Crippen LogP contribution in [0.4, 0.5) is 10.1 Å². The van der Waals surface area contributed by atoms with Gasteiger partial charge in [0, 0.05) is 37.0 Å². The number of fused-ring (bicyclic) bond motifs is 1. The number of carbonyl (C=O) groups excluding carboxylic acids is 2. The smallest absolute Gasteiger partial charge is 0.306 e. The van der Waals surface area contributed by atoms with Gasteiger partial charge in [-0.15, -0.1) is 0 Å². The molecule has 2 aliphatic heterocycles. The van der Waals surface area contributed by atoms with Gasteiger partial charge in [-0.25, -0.2) is 4.39 Å². The summed E-state index contributed by atoms with van der Waals surface area (Å²) in [7, 11) is 0. The predicted molar refractivity (Wildman–Crippen MR) is 172 cm³/mol. The Bertz CT molecular complexity index is 1630. The highest BCUT2D eigenvalue weighted by Crippen LogP contribution is 2.43. The Morgan fingerprint density at radius 3 is 2.48 bits per heavy atom. The lowest BCUT2D eigenvalue weighted by Crippen LogP contribution is -2.70. The lowest BCUT2D eigenvalue weighted by atomic mass is 9.87. The second-order valence-corrected chi connectivity index (χ2v) is 13.8. The number of benzene rings is 2. The van der Waals surface area contributed by atoms with Crippen molar-refractivity contribution in [1.82, 2.24) is 9.80 Å². The molecule has 46 heavy (non-hydrogen) atoms. The van der Waals surface area contributed by atoms with Crippen molar-refractivity contribution in [2.45, 2.75) is 89.1 Å². The van der Waals surface area contributed by atoms with Gasteiger partial charge in [0.1, 0.15) is 17.7 Å². The summed E-state index contributed by atoms with van der Waals surface area (Å²) in [6, 6.07) is 9.66. The molecule has 3 heterocycles. The number of furan rings is 1. The van der Waals surface area contributed by atoms with E-state index in [0.29, 0.717) is 61.9 Å². The molecule has 2 aromatic carbocycles. The van der Waals surface area contributed by atoms with Gasteiger partial charge >= 0.3 is 5.97 Å². The highest BCUT2D eigenvalue weighted by atomic mass is 35.5. The maximum absolute atomic E-state index is 15.8. The number of carboxylic acids is 1. The van der Waals surface area contributed by atoms with Gasteiger partial charge in [0.25, 0.3) is 5.91 Å². The quantitative estimate of drug-likeness (QED) is 0.244. The van der Waals surface area contributed by atoms with Crippen LogP contribution < -0.4 is 5.32 Å². The number of ketones is 1. The lowest BCUT2D eigenvalue weighted by Gasteiger charge is -2.52. The molecular formula is C35H41ClFN3O6. The molecule has 2 saturated heterocycles. The summed E-state index contributed by atoms with van der Waals surface area (Å²) >= 11 is 6.60. The number of amides is 1. The van der Waals surface area contributed by atoms with Crippen molar-refractivity contribution in [2.24, 2.45) is 5.92 Å². The molecule has 6 rings (SSSR count). The molecular weight excluding hydrogens is 613 g/mol. The van der Waals surface area contributed by atoms with E-state index in [0.717, 1.165) is 31.7 Å². The Hall–Kier alpha value is -3.31. The van der Waals surface area contributed by atoms with E-state index in [2.05, 4.69) is 29.0 Å². The van der Waals surface area contributed by atoms with Gasteiger partial charge in [-0.2, -0.15) is 0 Å². The Labute approximate surface area is 273 Å². The maximum atomic E-state index is 15.8. The van der Waals surface area contributed by atoms with E-state index in [9.17, 15) is 19.5 Å². The zero-order chi connectivity index (χ0) is 32.6. The summed E-state index contributed by atoms with van der Waals surface area (Å²) in [5, 5.41) is 13.0. The van der Waals surface area contributed by atoms with Gasteiger partial charge in [-0.1, -0.05) is 29.8 Å². The highest BCUT2D eigenvalue weighted by Gasteiger charge is 2.57. The number of ether oxygens (including phenoxy) is 1. The number of halogens is 2. The van der Waals surface area contributed by atoms with E-state index in [-0.39, 0.29) is 40.1 Å². The van der Waals surface area contributed by atoms with Gasteiger partial charge < -0.3 is 19.6 Å². The number of hydrogen-bond donors (Lipinski definition) is 2. The number of nitrogens with zero attached hydrogens (tertiary/aromatic N) is 2. The van der Waals surface area contributed by atoms with E-state index in [4.69, 9.17) is 20.8 Å². The summed E-state index contributed by atoms with van der Waals surface area (Å²) in [6.07, 6.45) is 6.43. The fourth-order valence-corrected chi connectivity index (χ4v) is 7.74. The van der Waals surface area contributed by atoms with Crippen LogP contribution in [0, 0.1) is 11.7 Å². The molecule has 1 unspecified atom stereocenters. The number of para-hydroxylation sites is 1. The Morgan fingerprint density at radius 2 is 1.80 bits per heavy atom. The first-order valence-electron chi connectivity index (χ1n) is 16.2. The molecule has 9 nitrogen and oxygen atoms in total. The molecule has 1 saturated carbocycles. The van der Waals surface area contributed by atoms with E-state index in [1.165, 1.54) is 12.3 Å². The number of nitrogens with one attached hydrogen (secondary N) is 1. The topological polar surface area (TPSA) is 112 Å². The SMILES string of the molecule is CC1(C)CCCN1C(OC1CCC(C(=O)O)CC1)(C(=O)Cc1cc(Cl)c(NC(=O)c2coc3ccccc23)cc1F)N1CCCC1. The first-order valence-corrected chi connectivity index (χ1v) is 16.6. The molecule has 0 bridgehead atoms. The molecule has 0 spiro atoms. The standard InChI is InChI=1S/C35H41ClFN3O6/c1-34(2)14-7-17-40(34)35(39-15-5-6-16-39,46-24-12-10-22(11-13-24)33(43)44)31(41)19-23-18-27(36)29(20-28(23)37)38-32(42)26-21-45-30-9-4-3-8-25(26)30/h3-4,8-9,18,20-22,24H,5-7,10-17,19H2,1-2H3,(H,38,42)(H,43,44). The van der Waals surface area contributed by atoms with E-state index >= 15 is 4.39 Å². The Balaban J connectivity index is 1.29. The number of carboxylic acid groups (broad SMARTS) is 1. The molecule has 246 valence electrons. The van der Waals surface area contributed by atoms with Crippen molar-refractivity contribution in [3.8, 4) is 0 Å². The number of Topliss-reactive ketones (excluding diaryl/α,β-unsaturated/α-hetero) is 1. The number of likely N-dealkylation sites (tertiary alicyclic amines) is 2. The van der Waals surface area contributed by atoms with Crippen LogP contribution in [-0.2, 0) is 20.7 Å². The van der Waals surface area contributed by atoms with Gasteiger partial charge in [-0.05, 0) is 89.0 Å². The van der Waals surface area contributed by atoms with Crippen molar-refractivity contribution < 1.29 is 33.0 Å². The second kappa shape index (κ2) is 13.1. The number of anilines is 1. The van der Waals surface area contributed by atoms with Crippen molar-refractivity contribution >= 4 is 45.9 Å². The zero-order valence-corrected chi connectivity index (χ0v) is 27.1. The molecule has 3 aliphatic rings. The van der Waals surface area contributed by atoms with Gasteiger partial charge in [0.2, 0.25) is 5.85 Å². The third-order valence-corrected chi connectivity index (χ3v) is 10.3. The lowest BCUT2D eigenvalue weighted by molar-refractivity contribution is -0.267. The van der Waals surface area contributed by atoms with Crippen LogP contribution in [-0.4, -0.2) is 69.7 Å². The number of rotatable bonds is 10. The molecule has 1 aliphatic carbocycles. The highest BCUT2D eigenvalue weighted by molar-refractivity contribution is 6.34. The molecule has 0 radical (unpaired) electrons. The van der Waals surface area contributed by atoms with Crippen LogP contribution in [0.15, 0.2) is 47.1 Å². The van der Waals surface area contributed by atoms with Crippen LogP contribution in [0.25, 0.3) is 11.0 Å². The number of carbonyl (C=O) groups is 3. The van der Waals surface area contributed by atoms with E-state index in [1.54, 1.807) is 24.3 Å². The minimum absolute atomic E-state index is 0.0866. The average molecular weight is 654 g/mol. The van der Waals surface area contributed by atoms with Gasteiger partial charge in [0.05, 0.1) is 28.3 Å². The van der Waals surface area contributed by atoms with Gasteiger partial charge in [-0.3, -0.25) is 24.2 Å². The largest absolute Gasteiger partial charge is 0.481 e. The third-order valence-electron chi connectivity index (χ3n) is 9.98. The van der Waals surface area contributed by atoms with Crippen molar-refractivity contribution in [1.29, 1.82) is 0 Å². The third kappa shape index (κ3) is 6.20. The average Bonchev–Trinajstić information content (AvgIpc) is 3.79. The summed E-state index contributed by atoms with van der Waals surface area (Å²) in [5.74, 6) is -4.07. The molecule has 11 heteroatoms. The van der Waals surface area contributed by atoms with Crippen molar-refractivity contribution in [2.75, 3.05) is 25.0 Å². The first kappa shape index (κ1) is 32.6. The Morgan fingerprint density at radius 1 is 1.09 bits per heavy atom. The fourth-order valence-electron chi connectivity index (χ4n) is 7.50. The summed E-state index contributed by atoms with van der Waals surface area (Å²) in [5.41, 5.74) is 0.699. The Kier molecular flexibility index (Phi) is 9.26. The maximum Gasteiger partial charge on any atom is 0.306 e. The predicted octanol–water partition coefficient (Wildman–Crippen LogP) is 6.87. The van der Waals surface area contributed by atoms with Gasteiger partial charge in [0.15, 0.2) is 5.78 Å². The summed E-state index contributed by atoms with van der Waals surface area (Å²) in [4.78, 5) is 43.7. The normalized spacial score (nSPS) is 23.4. The van der Waals surface area contributed by atoms with Crippen LogP contribution in [0.1, 0.15) is 81.1 Å². The van der Waals surface area contributed by atoms with E-state index < -0.39 is 29.5 Å². The number of hydrogen-bond acceptors (Lipinski definition) is 7. The molecule has 3 aromatic rings. The summed E-state index contributed by atoms with van der Waals surface area (Å²) in [6.45, 7) is 6.21. The molecule has 3 fully saturated rings. The minimum atomic E-state index is -1.43. The van der Waals surface area contributed by atoms with Crippen molar-refractivity contribution in [3.05, 3.63) is 64.6 Å². The zero-order valence-electron chi connectivity index (χ0n) is 26.3. The van der Waals surface area contributed by atoms with Crippen LogP contribution >= 0.6 is 11.6 Å². The molecule has 2 N–H and O–H groups in total. The molecule has 1 aromatic heterocycles. The molecule has 1 atom stereocenters. The second-order valence-electron chi connectivity index (χ2n) is 13.4. The first-order chi connectivity index (χ1) is 22.0. The summed E-state index contributed by atoms with van der Waals surface area (Å²) < 4.78 is 28.2.